The number of hydrogen-bond donors (Lipinski definition) is 1. The van der Waals surface area contributed by atoms with Crippen LogP contribution >= 0.6 is 11.6 Å². The van der Waals surface area contributed by atoms with Crippen molar-refractivity contribution in [3.63, 3.8) is 0 Å². The molecule has 0 radical (unpaired) electrons. The summed E-state index contributed by atoms with van der Waals surface area (Å²) < 4.78 is 25.3. The summed E-state index contributed by atoms with van der Waals surface area (Å²) >= 11 is 5.82. The number of rotatable bonds is 3. The van der Waals surface area contributed by atoms with Crippen LogP contribution in [0.4, 0.5) is 11.4 Å². The lowest BCUT2D eigenvalue weighted by Gasteiger charge is -2.21. The molecule has 1 aliphatic rings. The van der Waals surface area contributed by atoms with Crippen LogP contribution in [0.25, 0.3) is 0 Å². The fourth-order valence-electron chi connectivity index (χ4n) is 2.79. The largest absolute Gasteiger partial charge is 0.325 e. The molecular weight excluding hydrogens is 376 g/mol. The van der Waals surface area contributed by atoms with Crippen molar-refractivity contribution in [1.82, 2.24) is 0 Å². The van der Waals surface area contributed by atoms with Gasteiger partial charge in [0.05, 0.1) is 15.8 Å². The van der Waals surface area contributed by atoms with Gasteiger partial charge < -0.3 is 10.2 Å². The summed E-state index contributed by atoms with van der Waals surface area (Å²) in [5, 5.41) is 2.37. The van der Waals surface area contributed by atoms with Crippen LogP contribution in [0.2, 0.25) is 5.02 Å². The molecule has 0 bridgehead atoms. The number of amides is 2. The summed E-state index contributed by atoms with van der Waals surface area (Å²) in [6, 6.07) is 12.8. The summed E-state index contributed by atoms with van der Waals surface area (Å²) in [5.74, 6) is -0.834. The summed E-state index contributed by atoms with van der Waals surface area (Å²) in [6.45, 7) is 1.22. The van der Waals surface area contributed by atoms with Crippen molar-refractivity contribution < 1.29 is 18.0 Å². The first-order chi connectivity index (χ1) is 12.3. The van der Waals surface area contributed by atoms with E-state index < -0.39 is 26.9 Å². The van der Waals surface area contributed by atoms with E-state index in [4.69, 9.17) is 11.6 Å². The highest BCUT2D eigenvalue weighted by Crippen LogP contribution is 2.33. The van der Waals surface area contributed by atoms with Crippen molar-refractivity contribution in [3.05, 3.63) is 53.6 Å². The number of sulfone groups is 1. The maximum absolute atomic E-state index is 12.6. The summed E-state index contributed by atoms with van der Waals surface area (Å²) in [5.41, 5.74) is 0.768. The first-order valence-corrected chi connectivity index (χ1v) is 9.90. The minimum absolute atomic E-state index is 0.0673. The first-order valence-electron chi connectivity index (χ1n) is 7.98. The second-order valence-electron chi connectivity index (χ2n) is 6.06. The number of nitrogens with zero attached hydrogens (tertiary/aromatic N) is 1. The number of fused-ring (bicyclic) bond motifs is 1. The molecule has 136 valence electrons. The minimum atomic E-state index is -3.63. The fraction of sp³-hybridized carbons (Fsp3) is 0.222. The number of hydrogen-bond acceptors (Lipinski definition) is 4. The normalized spacial score (nSPS) is 18.8. The van der Waals surface area contributed by atoms with Gasteiger partial charge in [-0.05, 0) is 43.3 Å². The molecule has 2 amide bonds. The maximum atomic E-state index is 12.6. The second kappa shape index (κ2) is 7.09. The Morgan fingerprint density at radius 3 is 2.54 bits per heavy atom. The number of nitrogens with one attached hydrogen (secondary N) is 1. The topological polar surface area (TPSA) is 83.6 Å². The van der Waals surface area contributed by atoms with Crippen LogP contribution in [-0.2, 0) is 19.4 Å². The molecule has 0 saturated carbocycles. The SMILES string of the molecule is C[C@@H]1CC(=O)N(CC(=O)Nc2ccc(Cl)cc2)c2ccccc2S1(=O)=O. The molecule has 0 aromatic heterocycles. The van der Waals surface area contributed by atoms with Gasteiger partial charge in [-0.25, -0.2) is 8.42 Å². The van der Waals surface area contributed by atoms with Crippen molar-refractivity contribution >= 4 is 44.6 Å². The van der Waals surface area contributed by atoms with E-state index in [0.717, 1.165) is 0 Å². The number of benzene rings is 2. The molecule has 0 saturated heterocycles. The van der Waals surface area contributed by atoms with Crippen molar-refractivity contribution in [2.24, 2.45) is 0 Å². The lowest BCUT2D eigenvalue weighted by molar-refractivity contribution is -0.121. The zero-order chi connectivity index (χ0) is 18.9. The van der Waals surface area contributed by atoms with E-state index in [1.54, 1.807) is 42.5 Å². The highest BCUT2D eigenvalue weighted by atomic mass is 35.5. The van der Waals surface area contributed by atoms with Crippen LogP contribution in [0.15, 0.2) is 53.4 Å². The zero-order valence-electron chi connectivity index (χ0n) is 14.0. The Bertz CT molecular complexity index is 957. The highest BCUT2D eigenvalue weighted by molar-refractivity contribution is 7.92. The van der Waals surface area contributed by atoms with Crippen molar-refractivity contribution in [3.8, 4) is 0 Å². The van der Waals surface area contributed by atoms with E-state index in [1.807, 2.05) is 0 Å². The molecule has 0 aliphatic carbocycles. The zero-order valence-corrected chi connectivity index (χ0v) is 15.5. The van der Waals surface area contributed by atoms with Crippen molar-refractivity contribution in [1.29, 1.82) is 0 Å². The van der Waals surface area contributed by atoms with Crippen LogP contribution in [0, 0.1) is 0 Å². The molecule has 1 heterocycles. The Morgan fingerprint density at radius 1 is 1.19 bits per heavy atom. The van der Waals surface area contributed by atoms with Crippen molar-refractivity contribution in [2.45, 2.75) is 23.5 Å². The van der Waals surface area contributed by atoms with E-state index in [0.29, 0.717) is 10.7 Å². The Hall–Kier alpha value is -2.38. The lowest BCUT2D eigenvalue weighted by Crippen LogP contribution is -2.38. The van der Waals surface area contributed by atoms with Gasteiger partial charge in [-0.15, -0.1) is 0 Å². The number of carbonyl (C=O) groups is 2. The predicted octanol–water partition coefficient (Wildman–Crippen LogP) is 2.88. The van der Waals surface area contributed by atoms with Gasteiger partial charge in [-0.2, -0.15) is 0 Å². The minimum Gasteiger partial charge on any atom is -0.325 e. The van der Waals surface area contributed by atoms with Gasteiger partial charge in [0.1, 0.15) is 6.54 Å². The van der Waals surface area contributed by atoms with E-state index in [-0.39, 0.29) is 23.5 Å². The summed E-state index contributed by atoms with van der Waals surface area (Å²) in [6.07, 6.45) is -0.175. The molecule has 2 aromatic carbocycles. The Labute approximate surface area is 156 Å². The molecule has 1 atom stereocenters. The third kappa shape index (κ3) is 3.59. The average Bonchev–Trinajstić information content (AvgIpc) is 2.67. The van der Waals surface area contributed by atoms with Crippen molar-refractivity contribution in [2.75, 3.05) is 16.8 Å². The third-order valence-electron chi connectivity index (χ3n) is 4.19. The lowest BCUT2D eigenvalue weighted by atomic mass is 10.2. The monoisotopic (exact) mass is 392 g/mol. The average molecular weight is 393 g/mol. The first kappa shape index (κ1) is 18.4. The van der Waals surface area contributed by atoms with E-state index in [9.17, 15) is 18.0 Å². The predicted molar refractivity (Wildman–Crippen MR) is 100 cm³/mol. The van der Waals surface area contributed by atoms with Gasteiger partial charge in [0.15, 0.2) is 9.84 Å². The van der Waals surface area contributed by atoms with E-state index in [2.05, 4.69) is 5.32 Å². The van der Waals surface area contributed by atoms with E-state index >= 15 is 0 Å². The summed E-state index contributed by atoms with van der Waals surface area (Å²) in [7, 11) is -3.63. The van der Waals surface area contributed by atoms with Gasteiger partial charge in [0.25, 0.3) is 0 Å². The van der Waals surface area contributed by atoms with Gasteiger partial charge in [-0.3, -0.25) is 9.59 Å². The number of halogens is 1. The Morgan fingerprint density at radius 2 is 1.85 bits per heavy atom. The molecule has 1 N–H and O–H groups in total. The maximum Gasteiger partial charge on any atom is 0.244 e. The van der Waals surface area contributed by atoms with Gasteiger partial charge >= 0.3 is 0 Å². The van der Waals surface area contributed by atoms with Crippen LogP contribution in [0.5, 0.6) is 0 Å². The fourth-order valence-corrected chi connectivity index (χ4v) is 4.45. The summed E-state index contributed by atoms with van der Waals surface area (Å²) in [4.78, 5) is 26.3. The molecule has 0 unspecified atom stereocenters. The van der Waals surface area contributed by atoms with Gasteiger partial charge in [0.2, 0.25) is 11.8 Å². The molecule has 2 aromatic rings. The Balaban J connectivity index is 1.89. The Kier molecular flexibility index (Phi) is 5.02. The smallest absolute Gasteiger partial charge is 0.244 e. The third-order valence-corrected chi connectivity index (χ3v) is 6.62. The number of carbonyl (C=O) groups excluding carboxylic acids is 2. The molecule has 1 aliphatic heterocycles. The molecule has 6 nitrogen and oxygen atoms in total. The molecule has 8 heteroatoms. The van der Waals surface area contributed by atoms with E-state index in [1.165, 1.54) is 17.9 Å². The van der Waals surface area contributed by atoms with Gasteiger partial charge in [0, 0.05) is 17.1 Å². The second-order valence-corrected chi connectivity index (χ2v) is 8.83. The van der Waals surface area contributed by atoms with Crippen LogP contribution in [0.3, 0.4) is 0 Å². The molecule has 26 heavy (non-hydrogen) atoms. The number of para-hydroxylation sites is 1. The van der Waals surface area contributed by atoms with Crippen LogP contribution in [0.1, 0.15) is 13.3 Å². The standard InChI is InChI=1S/C18H17ClN2O4S/c1-12-10-18(23)21(15-4-2-3-5-16(15)26(12,24)25)11-17(22)20-14-8-6-13(19)7-9-14/h2-9,12H,10-11H2,1H3,(H,20,22)/t12-/m1/s1. The number of anilines is 2. The van der Waals surface area contributed by atoms with Crippen LogP contribution in [-0.4, -0.2) is 32.0 Å². The molecule has 3 rings (SSSR count). The van der Waals surface area contributed by atoms with Gasteiger partial charge in [-0.1, -0.05) is 23.7 Å². The van der Waals surface area contributed by atoms with Crippen LogP contribution < -0.4 is 10.2 Å². The molecular formula is C18H17ClN2O4S. The highest BCUT2D eigenvalue weighted by Gasteiger charge is 2.36. The molecule has 0 spiro atoms. The quantitative estimate of drug-likeness (QED) is 0.870. The molecule has 0 fully saturated rings.